The predicted molar refractivity (Wildman–Crippen MR) is 109 cm³/mol. The van der Waals surface area contributed by atoms with Crippen LogP contribution >= 0.6 is 0 Å². The minimum absolute atomic E-state index is 0.0442. The molecule has 1 saturated carbocycles. The zero-order valence-electron chi connectivity index (χ0n) is 16.0. The van der Waals surface area contributed by atoms with Gasteiger partial charge in [-0.05, 0) is 72.5 Å². The molecule has 2 N–H and O–H groups in total. The number of nitrogens with one attached hydrogen (secondary N) is 2. The molecule has 31 heavy (non-hydrogen) atoms. The normalized spacial score (nSPS) is 17.8. The Morgan fingerprint density at radius 2 is 1.48 bits per heavy atom. The molecule has 1 aliphatic carbocycles. The fourth-order valence-electron chi connectivity index (χ4n) is 3.28. The standard InChI is InChI=1S/C22H17F3N2O3S/c23-14-3-1-13(2-4-14)18-12-19(18)22(28)26-15-5-7-16(8-6-15)27-31(29,30)17-9-10-20(24)21(25)11-17/h1-11,18-19,27H,12H2,(H,26,28). The predicted octanol–water partition coefficient (Wildman–Crippen LogP) is 4.65. The molecule has 0 bridgehead atoms. The number of sulfonamides is 1. The molecular formula is C22H17F3N2O3S. The Morgan fingerprint density at radius 3 is 2.13 bits per heavy atom. The second-order valence-corrected chi connectivity index (χ2v) is 8.93. The number of carbonyl (C=O) groups is 1. The van der Waals surface area contributed by atoms with E-state index < -0.39 is 26.6 Å². The zero-order chi connectivity index (χ0) is 22.2. The number of rotatable bonds is 6. The third-order valence-corrected chi connectivity index (χ3v) is 6.41. The van der Waals surface area contributed by atoms with Crippen LogP contribution < -0.4 is 10.0 Å². The van der Waals surface area contributed by atoms with Crippen molar-refractivity contribution in [2.45, 2.75) is 17.2 Å². The monoisotopic (exact) mass is 446 g/mol. The summed E-state index contributed by atoms with van der Waals surface area (Å²) in [5, 5.41) is 2.77. The summed E-state index contributed by atoms with van der Waals surface area (Å²) in [6.45, 7) is 0. The average Bonchev–Trinajstić information content (AvgIpc) is 3.53. The van der Waals surface area contributed by atoms with E-state index >= 15 is 0 Å². The lowest BCUT2D eigenvalue weighted by atomic mass is 10.1. The number of hydrogen-bond acceptors (Lipinski definition) is 3. The van der Waals surface area contributed by atoms with Crippen LogP contribution in [0.5, 0.6) is 0 Å². The maximum Gasteiger partial charge on any atom is 0.261 e. The average molecular weight is 446 g/mol. The highest BCUT2D eigenvalue weighted by molar-refractivity contribution is 7.92. The van der Waals surface area contributed by atoms with Crippen molar-refractivity contribution < 1.29 is 26.4 Å². The van der Waals surface area contributed by atoms with E-state index in [0.717, 1.165) is 17.7 Å². The third-order valence-electron chi connectivity index (χ3n) is 5.03. The van der Waals surface area contributed by atoms with E-state index in [1.807, 2.05) is 0 Å². The lowest BCUT2D eigenvalue weighted by Gasteiger charge is -2.10. The molecule has 2 unspecified atom stereocenters. The van der Waals surface area contributed by atoms with Gasteiger partial charge in [0.1, 0.15) is 5.82 Å². The van der Waals surface area contributed by atoms with Crippen LogP contribution in [0.3, 0.4) is 0 Å². The molecular weight excluding hydrogens is 429 g/mol. The van der Waals surface area contributed by atoms with Crippen molar-refractivity contribution in [3.05, 3.63) is 89.7 Å². The molecule has 0 aromatic heterocycles. The van der Waals surface area contributed by atoms with E-state index in [4.69, 9.17) is 0 Å². The number of anilines is 2. The lowest BCUT2D eigenvalue weighted by molar-refractivity contribution is -0.117. The van der Waals surface area contributed by atoms with Gasteiger partial charge in [-0.3, -0.25) is 9.52 Å². The first-order chi connectivity index (χ1) is 14.7. The molecule has 0 radical (unpaired) electrons. The van der Waals surface area contributed by atoms with Crippen LogP contribution in [0.15, 0.2) is 71.6 Å². The first kappa shape index (κ1) is 20.9. The highest BCUT2D eigenvalue weighted by Gasteiger charge is 2.43. The molecule has 5 nitrogen and oxygen atoms in total. The molecule has 1 amide bonds. The molecule has 0 saturated heterocycles. The van der Waals surface area contributed by atoms with E-state index in [1.54, 1.807) is 12.1 Å². The van der Waals surface area contributed by atoms with Crippen molar-refractivity contribution in [2.75, 3.05) is 10.0 Å². The van der Waals surface area contributed by atoms with Crippen LogP contribution in [0.4, 0.5) is 24.5 Å². The van der Waals surface area contributed by atoms with Crippen molar-refractivity contribution in [2.24, 2.45) is 5.92 Å². The summed E-state index contributed by atoms with van der Waals surface area (Å²) in [5.74, 6) is -3.08. The highest BCUT2D eigenvalue weighted by atomic mass is 32.2. The number of hydrogen-bond donors (Lipinski definition) is 2. The van der Waals surface area contributed by atoms with Gasteiger partial charge in [0.15, 0.2) is 11.6 Å². The van der Waals surface area contributed by atoms with Crippen molar-refractivity contribution in [3.8, 4) is 0 Å². The van der Waals surface area contributed by atoms with Crippen LogP contribution in [-0.2, 0) is 14.8 Å². The quantitative estimate of drug-likeness (QED) is 0.579. The smallest absolute Gasteiger partial charge is 0.261 e. The Bertz CT molecular complexity index is 1230. The van der Waals surface area contributed by atoms with Gasteiger partial charge in [-0.2, -0.15) is 0 Å². The fourth-order valence-corrected chi connectivity index (χ4v) is 4.35. The van der Waals surface area contributed by atoms with E-state index in [9.17, 15) is 26.4 Å². The second-order valence-electron chi connectivity index (χ2n) is 7.25. The van der Waals surface area contributed by atoms with Gasteiger partial charge >= 0.3 is 0 Å². The van der Waals surface area contributed by atoms with E-state index in [-0.39, 0.29) is 29.2 Å². The van der Waals surface area contributed by atoms with Gasteiger partial charge in [0, 0.05) is 17.3 Å². The van der Waals surface area contributed by atoms with Crippen LogP contribution in [0.25, 0.3) is 0 Å². The van der Waals surface area contributed by atoms with E-state index in [2.05, 4.69) is 10.0 Å². The molecule has 9 heteroatoms. The van der Waals surface area contributed by atoms with E-state index in [1.165, 1.54) is 36.4 Å². The zero-order valence-corrected chi connectivity index (χ0v) is 16.8. The van der Waals surface area contributed by atoms with Gasteiger partial charge < -0.3 is 5.32 Å². The molecule has 1 aliphatic rings. The van der Waals surface area contributed by atoms with Crippen LogP contribution in [-0.4, -0.2) is 14.3 Å². The largest absolute Gasteiger partial charge is 0.326 e. The summed E-state index contributed by atoms with van der Waals surface area (Å²) in [6, 6.07) is 14.3. The molecule has 0 spiro atoms. The summed E-state index contributed by atoms with van der Waals surface area (Å²) >= 11 is 0. The van der Waals surface area contributed by atoms with Gasteiger partial charge in [0.2, 0.25) is 5.91 Å². The molecule has 2 atom stereocenters. The van der Waals surface area contributed by atoms with Gasteiger partial charge in [0.05, 0.1) is 4.90 Å². The summed E-state index contributed by atoms with van der Waals surface area (Å²) in [7, 11) is -4.10. The molecule has 0 heterocycles. The fraction of sp³-hybridized carbons (Fsp3) is 0.136. The second kappa shape index (κ2) is 8.07. The number of benzene rings is 3. The topological polar surface area (TPSA) is 75.3 Å². The summed E-state index contributed by atoms with van der Waals surface area (Å²) in [4.78, 5) is 12.0. The molecule has 0 aliphatic heterocycles. The van der Waals surface area contributed by atoms with Crippen LogP contribution in [0.1, 0.15) is 17.9 Å². The number of carbonyl (C=O) groups excluding carboxylic acids is 1. The van der Waals surface area contributed by atoms with Gasteiger partial charge in [-0.1, -0.05) is 12.1 Å². The molecule has 3 aromatic rings. The maximum atomic E-state index is 13.3. The highest BCUT2D eigenvalue weighted by Crippen LogP contribution is 2.48. The molecule has 4 rings (SSSR count). The first-order valence-corrected chi connectivity index (χ1v) is 10.9. The Morgan fingerprint density at radius 1 is 0.839 bits per heavy atom. The van der Waals surface area contributed by atoms with Crippen molar-refractivity contribution in [3.63, 3.8) is 0 Å². The van der Waals surface area contributed by atoms with Gasteiger partial charge in [-0.25, -0.2) is 21.6 Å². The summed E-state index contributed by atoms with van der Waals surface area (Å²) in [5.41, 5.74) is 1.58. The Labute approximate surface area is 177 Å². The number of amides is 1. The summed E-state index contributed by atoms with van der Waals surface area (Å²) in [6.07, 6.45) is 0.670. The van der Waals surface area contributed by atoms with Crippen LogP contribution in [0, 0.1) is 23.4 Å². The minimum atomic E-state index is -4.10. The van der Waals surface area contributed by atoms with E-state index in [0.29, 0.717) is 18.2 Å². The Balaban J connectivity index is 1.37. The minimum Gasteiger partial charge on any atom is -0.326 e. The Hall–Kier alpha value is -3.33. The Kier molecular flexibility index (Phi) is 5.45. The first-order valence-electron chi connectivity index (χ1n) is 9.37. The third kappa shape index (κ3) is 4.72. The molecule has 160 valence electrons. The molecule has 1 fully saturated rings. The summed E-state index contributed by atoms with van der Waals surface area (Å²) < 4.78 is 66.3. The van der Waals surface area contributed by atoms with Crippen molar-refractivity contribution in [1.82, 2.24) is 0 Å². The van der Waals surface area contributed by atoms with Crippen molar-refractivity contribution >= 4 is 27.3 Å². The SMILES string of the molecule is O=C(Nc1ccc(NS(=O)(=O)c2ccc(F)c(F)c2)cc1)C1CC1c1ccc(F)cc1. The van der Waals surface area contributed by atoms with Crippen LogP contribution in [0.2, 0.25) is 0 Å². The number of halogens is 3. The van der Waals surface area contributed by atoms with Gasteiger partial charge in [-0.15, -0.1) is 0 Å². The maximum absolute atomic E-state index is 13.3. The van der Waals surface area contributed by atoms with Gasteiger partial charge in [0.25, 0.3) is 10.0 Å². The van der Waals surface area contributed by atoms with Crippen molar-refractivity contribution in [1.29, 1.82) is 0 Å². The lowest BCUT2D eigenvalue weighted by Crippen LogP contribution is -2.15. The molecule has 3 aromatic carbocycles.